The molecule has 1 amide bonds. The summed E-state index contributed by atoms with van der Waals surface area (Å²) >= 11 is 2.89. The van der Waals surface area contributed by atoms with Gasteiger partial charge in [0.05, 0.1) is 17.9 Å². The topological polar surface area (TPSA) is 86.1 Å². The Morgan fingerprint density at radius 2 is 2.00 bits per heavy atom. The van der Waals surface area contributed by atoms with Crippen LogP contribution < -0.4 is 5.32 Å². The maximum atomic E-state index is 12.9. The van der Waals surface area contributed by atoms with Gasteiger partial charge in [0.2, 0.25) is 5.91 Å². The Morgan fingerprint density at radius 3 is 2.77 bits per heavy atom. The van der Waals surface area contributed by atoms with E-state index in [4.69, 9.17) is 4.74 Å². The molecule has 1 saturated carbocycles. The van der Waals surface area contributed by atoms with Crippen LogP contribution in [0.5, 0.6) is 0 Å². The second-order valence-corrected chi connectivity index (χ2v) is 11.4. The molecular weight excluding hydrogens is 480 g/mol. The van der Waals surface area contributed by atoms with Gasteiger partial charge in [-0.05, 0) is 50.5 Å². The van der Waals surface area contributed by atoms with Gasteiger partial charge in [-0.15, -0.1) is 28.1 Å². The lowest BCUT2D eigenvalue weighted by Crippen LogP contribution is -2.17. The quantitative estimate of drug-likeness (QED) is 0.230. The van der Waals surface area contributed by atoms with Crippen LogP contribution in [-0.2, 0) is 35.3 Å². The Balaban J connectivity index is 1.39. The summed E-state index contributed by atoms with van der Waals surface area (Å²) in [5, 5.41) is 13.1. The van der Waals surface area contributed by atoms with Gasteiger partial charge in [0.1, 0.15) is 10.8 Å². The smallest absolute Gasteiger partial charge is 0.341 e. The predicted molar refractivity (Wildman–Crippen MR) is 141 cm³/mol. The van der Waals surface area contributed by atoms with Gasteiger partial charge in [-0.2, -0.15) is 0 Å². The molecule has 0 bridgehead atoms. The third kappa shape index (κ3) is 6.55. The van der Waals surface area contributed by atoms with Crippen molar-refractivity contribution in [2.24, 2.45) is 5.92 Å². The molecule has 2 aliphatic rings. The Hall–Kier alpha value is -2.13. The third-order valence-corrected chi connectivity index (χ3v) is 9.02. The van der Waals surface area contributed by atoms with Crippen molar-refractivity contribution in [3.05, 3.63) is 34.5 Å². The molecule has 0 saturated heterocycles. The summed E-state index contributed by atoms with van der Waals surface area (Å²) in [5.41, 5.74) is 1.60. The van der Waals surface area contributed by atoms with Crippen molar-refractivity contribution in [2.75, 3.05) is 17.7 Å². The van der Waals surface area contributed by atoms with E-state index in [1.54, 1.807) is 6.92 Å². The highest BCUT2D eigenvalue weighted by molar-refractivity contribution is 7.99. The van der Waals surface area contributed by atoms with E-state index in [1.807, 2.05) is 6.08 Å². The minimum Gasteiger partial charge on any atom is -0.462 e. The number of rotatable bonds is 11. The fraction of sp³-hybridized carbons (Fsp3) is 0.615. The van der Waals surface area contributed by atoms with Gasteiger partial charge in [0.15, 0.2) is 5.16 Å². The van der Waals surface area contributed by atoms with Gasteiger partial charge in [-0.25, -0.2) is 4.79 Å². The molecule has 1 fully saturated rings. The first-order valence-corrected chi connectivity index (χ1v) is 14.7. The number of amides is 1. The number of anilines is 1. The number of carbonyl (C=O) groups is 2. The summed E-state index contributed by atoms with van der Waals surface area (Å²) in [6, 6.07) is 0. The number of hydrogen-bond acceptors (Lipinski definition) is 7. The molecule has 0 aromatic carbocycles. The molecule has 2 aromatic rings. The zero-order chi connectivity index (χ0) is 24.6. The lowest BCUT2D eigenvalue weighted by Gasteiger charge is -2.21. The maximum Gasteiger partial charge on any atom is 0.341 e. The predicted octanol–water partition coefficient (Wildman–Crippen LogP) is 5.82. The molecule has 190 valence electrons. The van der Waals surface area contributed by atoms with Gasteiger partial charge >= 0.3 is 5.97 Å². The van der Waals surface area contributed by atoms with E-state index < -0.39 is 0 Å². The SMILES string of the molecule is C=CCn1c(CCC2CCCCC2)nnc1SCC(=O)Nc1sc2c(c1C(=O)OCC)CCCC2. The molecule has 0 radical (unpaired) electrons. The van der Waals surface area contributed by atoms with Gasteiger partial charge in [0, 0.05) is 17.8 Å². The third-order valence-electron chi connectivity index (χ3n) is 6.84. The number of esters is 1. The van der Waals surface area contributed by atoms with Crippen molar-refractivity contribution in [3.8, 4) is 0 Å². The average Bonchev–Trinajstić information content (AvgIpc) is 3.43. The number of carbonyl (C=O) groups excluding carboxylic acids is 2. The number of allylic oxidation sites excluding steroid dienone is 1. The van der Waals surface area contributed by atoms with Crippen molar-refractivity contribution in [3.63, 3.8) is 0 Å². The Morgan fingerprint density at radius 1 is 1.20 bits per heavy atom. The van der Waals surface area contributed by atoms with E-state index in [-0.39, 0.29) is 17.6 Å². The molecule has 4 rings (SSSR count). The van der Waals surface area contributed by atoms with E-state index in [0.29, 0.717) is 23.7 Å². The number of hydrogen-bond donors (Lipinski definition) is 1. The molecule has 0 atom stereocenters. The zero-order valence-corrected chi connectivity index (χ0v) is 22.3. The number of nitrogens with one attached hydrogen (secondary N) is 1. The number of ether oxygens (including phenoxy) is 1. The number of fused-ring (bicyclic) bond motifs is 1. The van der Waals surface area contributed by atoms with Crippen LogP contribution in [0.4, 0.5) is 5.00 Å². The second-order valence-electron chi connectivity index (χ2n) is 9.31. The first kappa shape index (κ1) is 25.9. The molecule has 35 heavy (non-hydrogen) atoms. The molecule has 0 aliphatic heterocycles. The number of thioether (sulfide) groups is 1. The normalized spacial score (nSPS) is 16.0. The molecule has 0 unspecified atom stereocenters. The summed E-state index contributed by atoms with van der Waals surface area (Å²) < 4.78 is 7.37. The van der Waals surface area contributed by atoms with Crippen molar-refractivity contribution in [2.45, 2.75) is 89.3 Å². The van der Waals surface area contributed by atoms with Crippen LogP contribution in [0.2, 0.25) is 0 Å². The number of aryl methyl sites for hydroxylation is 2. The molecule has 7 nitrogen and oxygen atoms in total. The van der Waals surface area contributed by atoms with Crippen LogP contribution in [0, 0.1) is 5.92 Å². The van der Waals surface area contributed by atoms with Crippen molar-refractivity contribution in [1.29, 1.82) is 0 Å². The summed E-state index contributed by atoms with van der Waals surface area (Å²) in [5.74, 6) is 1.45. The molecular formula is C26H36N4O3S2. The molecule has 0 spiro atoms. The second kappa shape index (κ2) is 12.7. The number of thiophene rings is 1. The summed E-state index contributed by atoms with van der Waals surface area (Å²) in [4.78, 5) is 26.7. The van der Waals surface area contributed by atoms with Crippen molar-refractivity contribution < 1.29 is 14.3 Å². The van der Waals surface area contributed by atoms with Crippen LogP contribution in [0.3, 0.4) is 0 Å². The summed E-state index contributed by atoms with van der Waals surface area (Å²) in [7, 11) is 0. The largest absolute Gasteiger partial charge is 0.462 e. The van der Waals surface area contributed by atoms with Gasteiger partial charge in [0.25, 0.3) is 0 Å². The Kier molecular flexibility index (Phi) is 9.43. The van der Waals surface area contributed by atoms with Crippen LogP contribution in [0.1, 0.15) is 84.9 Å². The average molecular weight is 517 g/mol. The van der Waals surface area contributed by atoms with Crippen LogP contribution >= 0.6 is 23.1 Å². The fourth-order valence-electron chi connectivity index (χ4n) is 5.10. The van der Waals surface area contributed by atoms with E-state index in [9.17, 15) is 9.59 Å². The van der Waals surface area contributed by atoms with E-state index in [0.717, 1.165) is 61.0 Å². The summed E-state index contributed by atoms with van der Waals surface area (Å²) in [6.07, 6.45) is 14.5. The van der Waals surface area contributed by atoms with Crippen LogP contribution in [-0.4, -0.2) is 39.0 Å². The van der Waals surface area contributed by atoms with Gasteiger partial charge in [-0.1, -0.05) is 49.9 Å². The molecule has 2 aliphatic carbocycles. The lowest BCUT2D eigenvalue weighted by molar-refractivity contribution is -0.113. The van der Waals surface area contributed by atoms with Gasteiger partial charge < -0.3 is 14.6 Å². The number of aromatic nitrogens is 3. The lowest BCUT2D eigenvalue weighted by atomic mass is 9.86. The molecule has 2 heterocycles. The minimum atomic E-state index is -0.344. The van der Waals surface area contributed by atoms with E-state index in [1.165, 1.54) is 60.1 Å². The molecule has 2 aromatic heterocycles. The van der Waals surface area contributed by atoms with E-state index >= 15 is 0 Å². The molecule has 9 heteroatoms. The minimum absolute atomic E-state index is 0.156. The van der Waals surface area contributed by atoms with Crippen molar-refractivity contribution >= 4 is 40.0 Å². The first-order valence-electron chi connectivity index (χ1n) is 12.9. The fourth-order valence-corrected chi connectivity index (χ4v) is 7.16. The molecule has 1 N–H and O–H groups in total. The summed E-state index contributed by atoms with van der Waals surface area (Å²) in [6.45, 7) is 6.63. The standard InChI is InChI=1S/C26H36N4O3S2/c1-3-16-30-21(15-14-18-10-6-5-7-11-18)28-29-26(30)34-17-22(31)27-24-23(25(32)33-4-2)19-12-8-9-13-20(19)35-24/h3,18H,1,4-17H2,2H3,(H,27,31). The number of nitrogens with zero attached hydrogens (tertiary/aromatic N) is 3. The first-order chi connectivity index (χ1) is 17.1. The van der Waals surface area contributed by atoms with Gasteiger partial charge in [-0.3, -0.25) is 4.79 Å². The van der Waals surface area contributed by atoms with Crippen LogP contribution in [0.15, 0.2) is 17.8 Å². The van der Waals surface area contributed by atoms with E-state index in [2.05, 4.69) is 26.7 Å². The zero-order valence-electron chi connectivity index (χ0n) is 20.6. The Bertz CT molecular complexity index is 1040. The maximum absolute atomic E-state index is 12.9. The highest BCUT2D eigenvalue weighted by atomic mass is 32.2. The highest BCUT2D eigenvalue weighted by Gasteiger charge is 2.27. The Labute approximate surface area is 216 Å². The monoisotopic (exact) mass is 516 g/mol. The van der Waals surface area contributed by atoms with Crippen molar-refractivity contribution in [1.82, 2.24) is 14.8 Å². The highest BCUT2D eigenvalue weighted by Crippen LogP contribution is 2.38. The van der Waals surface area contributed by atoms with Crippen LogP contribution in [0.25, 0.3) is 0 Å².